The Bertz CT molecular complexity index is 493. The van der Waals surface area contributed by atoms with Crippen molar-refractivity contribution in [3.05, 3.63) is 39.7 Å². The SMILES string of the molecule is COCC(C)N(C)C(=O)c1ccc([N+](=O)[O-])c(F)c1. The summed E-state index contributed by atoms with van der Waals surface area (Å²) in [4.78, 5) is 23.1. The summed E-state index contributed by atoms with van der Waals surface area (Å²) in [6, 6.07) is 2.91. The summed E-state index contributed by atoms with van der Waals surface area (Å²) >= 11 is 0. The molecule has 104 valence electrons. The van der Waals surface area contributed by atoms with E-state index in [0.717, 1.165) is 12.1 Å². The maximum absolute atomic E-state index is 13.4. The van der Waals surface area contributed by atoms with Crippen LogP contribution in [0.2, 0.25) is 0 Å². The van der Waals surface area contributed by atoms with Crippen LogP contribution in [0, 0.1) is 15.9 Å². The molecule has 0 heterocycles. The van der Waals surface area contributed by atoms with E-state index in [0.29, 0.717) is 6.61 Å². The molecule has 0 aliphatic rings. The van der Waals surface area contributed by atoms with Crippen molar-refractivity contribution in [3.8, 4) is 0 Å². The number of likely N-dealkylation sites (N-methyl/N-ethyl adjacent to an activating group) is 1. The van der Waals surface area contributed by atoms with Gasteiger partial charge in [0.1, 0.15) is 0 Å². The molecule has 0 aliphatic heterocycles. The first-order valence-corrected chi connectivity index (χ1v) is 5.58. The molecule has 0 saturated heterocycles. The van der Waals surface area contributed by atoms with Gasteiger partial charge in [-0.3, -0.25) is 14.9 Å². The molecule has 1 rings (SSSR count). The lowest BCUT2D eigenvalue weighted by molar-refractivity contribution is -0.387. The molecule has 0 spiro atoms. The highest BCUT2D eigenvalue weighted by Gasteiger charge is 2.21. The number of nitro groups is 1. The monoisotopic (exact) mass is 270 g/mol. The van der Waals surface area contributed by atoms with Gasteiger partial charge in [0.05, 0.1) is 17.6 Å². The van der Waals surface area contributed by atoms with Crippen molar-refractivity contribution in [2.45, 2.75) is 13.0 Å². The minimum Gasteiger partial charge on any atom is -0.383 e. The highest BCUT2D eigenvalue weighted by molar-refractivity contribution is 5.94. The summed E-state index contributed by atoms with van der Waals surface area (Å²) in [6.45, 7) is 2.13. The van der Waals surface area contributed by atoms with Crippen LogP contribution in [0.25, 0.3) is 0 Å². The van der Waals surface area contributed by atoms with Crippen LogP contribution in [0.15, 0.2) is 18.2 Å². The number of benzene rings is 1. The zero-order valence-corrected chi connectivity index (χ0v) is 10.9. The molecular formula is C12H15FN2O4. The second-order valence-corrected chi connectivity index (χ2v) is 4.14. The van der Waals surface area contributed by atoms with Crippen LogP contribution in [-0.4, -0.2) is 42.5 Å². The van der Waals surface area contributed by atoms with E-state index >= 15 is 0 Å². The molecule has 0 aliphatic carbocycles. The molecule has 1 unspecified atom stereocenters. The number of ether oxygens (including phenoxy) is 1. The third-order valence-corrected chi connectivity index (χ3v) is 2.78. The average Bonchev–Trinajstić information content (AvgIpc) is 2.36. The Balaban J connectivity index is 2.95. The first-order valence-electron chi connectivity index (χ1n) is 5.58. The lowest BCUT2D eigenvalue weighted by Crippen LogP contribution is -2.37. The first kappa shape index (κ1) is 15.0. The van der Waals surface area contributed by atoms with Crippen LogP contribution in [0.1, 0.15) is 17.3 Å². The van der Waals surface area contributed by atoms with E-state index in [-0.39, 0.29) is 11.6 Å². The molecule has 0 bridgehead atoms. The summed E-state index contributed by atoms with van der Waals surface area (Å²) in [5.74, 6) is -1.44. The van der Waals surface area contributed by atoms with Crippen molar-refractivity contribution in [1.82, 2.24) is 4.90 Å². The Labute approximate surface area is 109 Å². The number of hydrogen-bond acceptors (Lipinski definition) is 4. The van der Waals surface area contributed by atoms with E-state index in [1.54, 1.807) is 14.0 Å². The van der Waals surface area contributed by atoms with Gasteiger partial charge >= 0.3 is 5.69 Å². The van der Waals surface area contributed by atoms with Crippen molar-refractivity contribution >= 4 is 11.6 Å². The van der Waals surface area contributed by atoms with Gasteiger partial charge in [-0.1, -0.05) is 0 Å². The Morgan fingerprint density at radius 1 is 1.58 bits per heavy atom. The van der Waals surface area contributed by atoms with E-state index in [1.165, 1.54) is 18.1 Å². The molecule has 0 N–H and O–H groups in total. The maximum Gasteiger partial charge on any atom is 0.304 e. The van der Waals surface area contributed by atoms with Gasteiger partial charge < -0.3 is 9.64 Å². The van der Waals surface area contributed by atoms with Crippen LogP contribution in [-0.2, 0) is 4.74 Å². The van der Waals surface area contributed by atoms with E-state index < -0.39 is 22.3 Å². The van der Waals surface area contributed by atoms with Gasteiger partial charge in [0, 0.05) is 25.8 Å². The number of carbonyl (C=O) groups excluding carboxylic acids is 1. The Hall–Kier alpha value is -2.02. The Morgan fingerprint density at radius 3 is 2.68 bits per heavy atom. The minimum absolute atomic E-state index is 0.0635. The number of hydrogen-bond donors (Lipinski definition) is 0. The van der Waals surface area contributed by atoms with E-state index in [1.807, 2.05) is 0 Å². The van der Waals surface area contributed by atoms with Gasteiger partial charge in [-0.25, -0.2) is 0 Å². The Kier molecular flexibility index (Phi) is 4.94. The van der Waals surface area contributed by atoms with Crippen molar-refractivity contribution < 1.29 is 18.8 Å². The van der Waals surface area contributed by atoms with Gasteiger partial charge in [-0.15, -0.1) is 0 Å². The van der Waals surface area contributed by atoms with E-state index in [9.17, 15) is 19.3 Å². The number of nitro benzene ring substituents is 1. The summed E-state index contributed by atoms with van der Waals surface area (Å²) in [6.07, 6.45) is 0. The van der Waals surface area contributed by atoms with Crippen molar-refractivity contribution in [2.75, 3.05) is 20.8 Å². The largest absolute Gasteiger partial charge is 0.383 e. The predicted octanol–water partition coefficient (Wildman–Crippen LogP) is 1.84. The molecule has 1 aromatic rings. The number of rotatable bonds is 5. The van der Waals surface area contributed by atoms with Crippen LogP contribution in [0.3, 0.4) is 0 Å². The van der Waals surface area contributed by atoms with Crippen LogP contribution in [0.5, 0.6) is 0 Å². The van der Waals surface area contributed by atoms with E-state index in [4.69, 9.17) is 4.74 Å². The highest BCUT2D eigenvalue weighted by Crippen LogP contribution is 2.19. The van der Waals surface area contributed by atoms with Gasteiger partial charge in [0.25, 0.3) is 5.91 Å². The lowest BCUT2D eigenvalue weighted by atomic mass is 10.1. The number of methoxy groups -OCH3 is 1. The zero-order valence-electron chi connectivity index (χ0n) is 10.9. The quantitative estimate of drug-likeness (QED) is 0.604. The minimum atomic E-state index is -1.02. The third kappa shape index (κ3) is 3.47. The van der Waals surface area contributed by atoms with Gasteiger partial charge in [0.2, 0.25) is 5.82 Å². The summed E-state index contributed by atoms with van der Waals surface area (Å²) < 4.78 is 18.4. The summed E-state index contributed by atoms with van der Waals surface area (Å²) in [7, 11) is 3.08. The lowest BCUT2D eigenvalue weighted by Gasteiger charge is -2.24. The zero-order chi connectivity index (χ0) is 14.6. The molecule has 1 aromatic carbocycles. The fraction of sp³-hybridized carbons (Fsp3) is 0.417. The normalized spacial score (nSPS) is 12.0. The molecule has 1 amide bonds. The summed E-state index contributed by atoms with van der Waals surface area (Å²) in [5, 5.41) is 10.5. The first-order chi connectivity index (χ1) is 8.88. The van der Waals surface area contributed by atoms with Crippen molar-refractivity contribution in [2.24, 2.45) is 0 Å². The van der Waals surface area contributed by atoms with Crippen LogP contribution >= 0.6 is 0 Å². The van der Waals surface area contributed by atoms with Crippen LogP contribution in [0.4, 0.5) is 10.1 Å². The molecule has 19 heavy (non-hydrogen) atoms. The fourth-order valence-corrected chi connectivity index (χ4v) is 1.54. The van der Waals surface area contributed by atoms with Crippen LogP contribution < -0.4 is 0 Å². The summed E-state index contributed by atoms with van der Waals surface area (Å²) in [5.41, 5.74) is -0.585. The highest BCUT2D eigenvalue weighted by atomic mass is 19.1. The molecule has 0 fully saturated rings. The smallest absolute Gasteiger partial charge is 0.304 e. The second kappa shape index (κ2) is 6.24. The molecule has 0 aromatic heterocycles. The van der Waals surface area contributed by atoms with Gasteiger partial charge in [-0.2, -0.15) is 4.39 Å². The molecule has 6 nitrogen and oxygen atoms in total. The number of halogens is 1. The van der Waals surface area contributed by atoms with Crippen molar-refractivity contribution in [3.63, 3.8) is 0 Å². The number of carbonyl (C=O) groups is 1. The average molecular weight is 270 g/mol. The number of nitrogens with zero attached hydrogens (tertiary/aromatic N) is 2. The van der Waals surface area contributed by atoms with Gasteiger partial charge in [0.15, 0.2) is 0 Å². The number of amides is 1. The predicted molar refractivity (Wildman–Crippen MR) is 66.5 cm³/mol. The standard InChI is InChI=1S/C12H15FN2O4/c1-8(7-19-3)14(2)12(16)9-4-5-11(15(17)18)10(13)6-9/h4-6,8H,7H2,1-3H3. The van der Waals surface area contributed by atoms with Gasteiger partial charge in [-0.05, 0) is 19.1 Å². The topological polar surface area (TPSA) is 72.7 Å². The van der Waals surface area contributed by atoms with Crippen molar-refractivity contribution in [1.29, 1.82) is 0 Å². The maximum atomic E-state index is 13.4. The second-order valence-electron chi connectivity index (χ2n) is 4.14. The molecule has 0 radical (unpaired) electrons. The molecule has 1 atom stereocenters. The molecular weight excluding hydrogens is 255 g/mol. The molecule has 0 saturated carbocycles. The van der Waals surface area contributed by atoms with E-state index in [2.05, 4.69) is 0 Å². The molecule has 7 heteroatoms. The Morgan fingerprint density at radius 2 is 2.21 bits per heavy atom. The fourth-order valence-electron chi connectivity index (χ4n) is 1.54. The third-order valence-electron chi connectivity index (χ3n) is 2.78.